The first-order valence-corrected chi connectivity index (χ1v) is 9.88. The molecule has 0 aliphatic carbocycles. The van der Waals surface area contributed by atoms with Gasteiger partial charge in [0.2, 0.25) is 0 Å². The molecule has 2 aromatic heterocycles. The average Bonchev–Trinajstić information content (AvgIpc) is 3.24. The highest BCUT2D eigenvalue weighted by Crippen LogP contribution is 2.22. The number of aromatic nitrogens is 4. The molecule has 0 fully saturated rings. The lowest BCUT2D eigenvalue weighted by molar-refractivity contribution is 0.306. The molecule has 2 heterocycles. The molecular weight excluding hydrogens is 374 g/mol. The second kappa shape index (κ2) is 7.93. The molecule has 0 bridgehead atoms. The van der Waals surface area contributed by atoms with Crippen LogP contribution in [-0.4, -0.2) is 19.8 Å². The van der Waals surface area contributed by atoms with Crippen LogP contribution >= 0.6 is 0 Å². The van der Waals surface area contributed by atoms with Gasteiger partial charge in [-0.15, -0.1) is 10.2 Å². The molecule has 0 radical (unpaired) electrons. The number of benzene rings is 3. The number of fused-ring (bicyclic) bond motifs is 3. The van der Waals surface area contributed by atoms with Crippen molar-refractivity contribution in [3.05, 3.63) is 102 Å². The van der Waals surface area contributed by atoms with Crippen LogP contribution in [0.4, 0.5) is 0 Å². The van der Waals surface area contributed by atoms with Gasteiger partial charge >= 0.3 is 0 Å². The first kappa shape index (κ1) is 18.3. The topological polar surface area (TPSA) is 78.3 Å². The molecule has 5 aromatic rings. The molecule has 5 rings (SSSR count). The minimum atomic E-state index is -0.315. The Kier molecular flexibility index (Phi) is 4.83. The van der Waals surface area contributed by atoms with Crippen molar-refractivity contribution in [2.45, 2.75) is 19.1 Å². The fourth-order valence-corrected chi connectivity index (χ4v) is 3.55. The zero-order valence-electron chi connectivity index (χ0n) is 16.3. The zero-order valence-corrected chi connectivity index (χ0v) is 16.3. The molecule has 0 saturated heterocycles. The molecule has 0 amide bonds. The number of rotatable bonds is 6. The van der Waals surface area contributed by atoms with Gasteiger partial charge in [0.15, 0.2) is 11.5 Å². The molecule has 1 atom stereocenters. The van der Waals surface area contributed by atoms with Gasteiger partial charge in [-0.05, 0) is 29.7 Å². The third-order valence-electron chi connectivity index (χ3n) is 5.14. The van der Waals surface area contributed by atoms with E-state index in [0.717, 1.165) is 33.3 Å². The summed E-state index contributed by atoms with van der Waals surface area (Å²) in [7, 11) is 0. The Morgan fingerprint density at radius 3 is 2.43 bits per heavy atom. The van der Waals surface area contributed by atoms with Gasteiger partial charge in [0.1, 0.15) is 12.4 Å². The molecule has 0 aliphatic heterocycles. The van der Waals surface area contributed by atoms with Crippen LogP contribution in [0, 0.1) is 0 Å². The SMILES string of the molecule is N[C@@H](Cc1ccc(OCc2ccccc2)cc1)c1nnc2c3ccccc3cnn12. The van der Waals surface area contributed by atoms with Crippen LogP contribution in [0.3, 0.4) is 0 Å². The minimum absolute atomic E-state index is 0.315. The summed E-state index contributed by atoms with van der Waals surface area (Å²) in [6, 6.07) is 25.8. The van der Waals surface area contributed by atoms with Gasteiger partial charge in [-0.1, -0.05) is 66.7 Å². The standard InChI is InChI=1S/C24H21N5O/c25-22(24-28-27-23-21-9-5-4-8-19(21)15-26-29(23)24)14-17-10-12-20(13-11-17)30-16-18-6-2-1-3-7-18/h1-13,15,22H,14,16,25H2/t22-/m0/s1. The lowest BCUT2D eigenvalue weighted by atomic mass is 10.1. The molecule has 148 valence electrons. The van der Waals surface area contributed by atoms with Gasteiger partial charge in [0.25, 0.3) is 0 Å². The molecule has 0 saturated carbocycles. The van der Waals surface area contributed by atoms with E-state index in [1.165, 1.54) is 0 Å². The van der Waals surface area contributed by atoms with E-state index in [1.807, 2.05) is 85.1 Å². The van der Waals surface area contributed by atoms with E-state index in [-0.39, 0.29) is 6.04 Å². The van der Waals surface area contributed by atoms with Gasteiger partial charge in [0, 0.05) is 10.8 Å². The highest BCUT2D eigenvalue weighted by atomic mass is 16.5. The van der Waals surface area contributed by atoms with Crippen LogP contribution in [0.1, 0.15) is 23.0 Å². The van der Waals surface area contributed by atoms with Crippen molar-refractivity contribution in [2.24, 2.45) is 5.73 Å². The van der Waals surface area contributed by atoms with Gasteiger partial charge < -0.3 is 10.5 Å². The number of nitrogens with two attached hydrogens (primary N) is 1. The molecule has 0 aliphatic rings. The van der Waals surface area contributed by atoms with E-state index in [9.17, 15) is 0 Å². The summed E-state index contributed by atoms with van der Waals surface area (Å²) in [5, 5.41) is 15.2. The van der Waals surface area contributed by atoms with Crippen molar-refractivity contribution in [1.29, 1.82) is 0 Å². The summed E-state index contributed by atoms with van der Waals surface area (Å²) < 4.78 is 7.60. The van der Waals surface area contributed by atoms with Gasteiger partial charge in [-0.25, -0.2) is 0 Å². The average molecular weight is 395 g/mol. The van der Waals surface area contributed by atoms with Gasteiger partial charge in [-0.2, -0.15) is 9.61 Å². The second-order valence-electron chi connectivity index (χ2n) is 7.25. The zero-order chi connectivity index (χ0) is 20.3. The van der Waals surface area contributed by atoms with Crippen LogP contribution in [0.2, 0.25) is 0 Å². The predicted octanol–water partition coefficient (Wildman–Crippen LogP) is 4.10. The maximum absolute atomic E-state index is 6.46. The van der Waals surface area contributed by atoms with Gasteiger partial charge in [0.05, 0.1) is 12.2 Å². The third-order valence-corrected chi connectivity index (χ3v) is 5.14. The largest absolute Gasteiger partial charge is 0.489 e. The van der Waals surface area contributed by atoms with Crippen LogP contribution in [-0.2, 0) is 13.0 Å². The fraction of sp³-hybridized carbons (Fsp3) is 0.125. The smallest absolute Gasteiger partial charge is 0.185 e. The van der Waals surface area contributed by atoms with Crippen LogP contribution < -0.4 is 10.5 Å². The molecular formula is C24H21N5O. The molecule has 30 heavy (non-hydrogen) atoms. The van der Waals surface area contributed by atoms with E-state index in [1.54, 1.807) is 4.52 Å². The van der Waals surface area contributed by atoms with Gasteiger partial charge in [-0.3, -0.25) is 0 Å². The summed E-state index contributed by atoms with van der Waals surface area (Å²) >= 11 is 0. The first-order chi connectivity index (χ1) is 14.8. The Morgan fingerprint density at radius 1 is 0.833 bits per heavy atom. The number of hydrogen-bond donors (Lipinski definition) is 1. The van der Waals surface area contributed by atoms with Crippen molar-refractivity contribution in [3.8, 4) is 5.75 Å². The van der Waals surface area contributed by atoms with Crippen LogP contribution in [0.25, 0.3) is 16.4 Å². The normalized spacial score (nSPS) is 12.3. The first-order valence-electron chi connectivity index (χ1n) is 9.88. The Hall–Kier alpha value is -3.77. The Bertz CT molecular complexity index is 1280. The van der Waals surface area contributed by atoms with Crippen molar-refractivity contribution < 1.29 is 4.74 Å². The Labute approximate surface area is 173 Å². The third kappa shape index (κ3) is 3.60. The highest BCUT2D eigenvalue weighted by Gasteiger charge is 2.17. The summed E-state index contributed by atoms with van der Waals surface area (Å²) in [4.78, 5) is 0. The number of hydrogen-bond acceptors (Lipinski definition) is 5. The molecule has 0 spiro atoms. The molecule has 0 unspecified atom stereocenters. The maximum Gasteiger partial charge on any atom is 0.185 e. The van der Waals surface area contributed by atoms with Crippen molar-refractivity contribution in [3.63, 3.8) is 0 Å². The molecule has 6 heteroatoms. The van der Waals surface area contributed by atoms with Crippen molar-refractivity contribution >= 4 is 16.4 Å². The predicted molar refractivity (Wildman–Crippen MR) is 116 cm³/mol. The van der Waals surface area contributed by atoms with E-state index in [4.69, 9.17) is 10.5 Å². The van der Waals surface area contributed by atoms with E-state index >= 15 is 0 Å². The Balaban J connectivity index is 1.30. The monoisotopic (exact) mass is 395 g/mol. The Morgan fingerprint density at radius 2 is 1.60 bits per heavy atom. The fourth-order valence-electron chi connectivity index (χ4n) is 3.55. The number of ether oxygens (including phenoxy) is 1. The quantitative estimate of drug-likeness (QED) is 0.468. The van der Waals surface area contributed by atoms with Crippen LogP contribution in [0.15, 0.2) is 85.1 Å². The maximum atomic E-state index is 6.46. The summed E-state index contributed by atoms with van der Waals surface area (Å²) in [5.41, 5.74) is 9.43. The molecule has 2 N–H and O–H groups in total. The summed E-state index contributed by atoms with van der Waals surface area (Å²) in [5.74, 6) is 1.48. The summed E-state index contributed by atoms with van der Waals surface area (Å²) in [6.45, 7) is 0.547. The lowest BCUT2D eigenvalue weighted by Gasteiger charge is -2.11. The van der Waals surface area contributed by atoms with Crippen molar-refractivity contribution in [2.75, 3.05) is 0 Å². The van der Waals surface area contributed by atoms with E-state index < -0.39 is 0 Å². The van der Waals surface area contributed by atoms with Crippen molar-refractivity contribution in [1.82, 2.24) is 19.8 Å². The number of nitrogens with zero attached hydrogens (tertiary/aromatic N) is 4. The van der Waals surface area contributed by atoms with E-state index in [0.29, 0.717) is 18.9 Å². The summed E-state index contributed by atoms with van der Waals surface area (Å²) in [6.07, 6.45) is 2.45. The molecule has 3 aromatic carbocycles. The van der Waals surface area contributed by atoms with Crippen LogP contribution in [0.5, 0.6) is 5.75 Å². The highest BCUT2D eigenvalue weighted by molar-refractivity contribution is 5.92. The minimum Gasteiger partial charge on any atom is -0.489 e. The lowest BCUT2D eigenvalue weighted by Crippen LogP contribution is -2.17. The molecule has 6 nitrogen and oxygen atoms in total. The second-order valence-corrected chi connectivity index (χ2v) is 7.25. The van der Waals surface area contributed by atoms with E-state index in [2.05, 4.69) is 15.3 Å².